The average Bonchev–Trinajstić information content (AvgIpc) is 2.43. The lowest BCUT2D eigenvalue weighted by Crippen LogP contribution is -2.32. The van der Waals surface area contributed by atoms with Gasteiger partial charge in [-0.05, 0) is 56.4 Å². The molecule has 1 saturated carbocycles. The van der Waals surface area contributed by atoms with E-state index in [2.05, 4.69) is 37.4 Å². The van der Waals surface area contributed by atoms with Gasteiger partial charge in [-0.1, -0.05) is 26.2 Å². The van der Waals surface area contributed by atoms with E-state index in [0.29, 0.717) is 6.04 Å². The Morgan fingerprint density at radius 3 is 2.68 bits per heavy atom. The molecule has 2 nitrogen and oxygen atoms in total. The van der Waals surface area contributed by atoms with Crippen LogP contribution in [0, 0.1) is 12.8 Å². The topological polar surface area (TPSA) is 21.3 Å². The van der Waals surface area contributed by atoms with Gasteiger partial charge >= 0.3 is 0 Å². The lowest BCUT2D eigenvalue weighted by molar-refractivity contribution is 0.317. The summed E-state index contributed by atoms with van der Waals surface area (Å²) in [6, 6.07) is 7.02. The van der Waals surface area contributed by atoms with Gasteiger partial charge in [0.05, 0.1) is 6.61 Å². The normalized spacial score (nSPS) is 23.1. The zero-order chi connectivity index (χ0) is 13.7. The van der Waals surface area contributed by atoms with E-state index in [1.807, 2.05) is 6.92 Å². The molecule has 106 valence electrons. The summed E-state index contributed by atoms with van der Waals surface area (Å²) in [5, 5.41) is 3.76. The number of anilines is 1. The molecule has 2 unspecified atom stereocenters. The van der Waals surface area contributed by atoms with Crippen molar-refractivity contribution in [2.45, 2.75) is 58.9 Å². The zero-order valence-electron chi connectivity index (χ0n) is 12.5. The predicted molar refractivity (Wildman–Crippen MR) is 82.0 cm³/mol. The number of ether oxygens (including phenoxy) is 1. The van der Waals surface area contributed by atoms with Crippen LogP contribution in [0.2, 0.25) is 0 Å². The first-order valence-electron chi connectivity index (χ1n) is 7.74. The number of rotatable bonds is 5. The molecule has 1 N–H and O–H groups in total. The summed E-state index contributed by atoms with van der Waals surface area (Å²) in [7, 11) is 0. The largest absolute Gasteiger partial charge is 0.494 e. The quantitative estimate of drug-likeness (QED) is 0.824. The third-order valence-electron chi connectivity index (χ3n) is 4.28. The van der Waals surface area contributed by atoms with Crippen LogP contribution in [-0.4, -0.2) is 12.6 Å². The van der Waals surface area contributed by atoms with Gasteiger partial charge in [0.25, 0.3) is 0 Å². The molecule has 2 heteroatoms. The van der Waals surface area contributed by atoms with Gasteiger partial charge in [-0.15, -0.1) is 0 Å². The maximum Gasteiger partial charge on any atom is 0.119 e. The van der Waals surface area contributed by atoms with Crippen LogP contribution in [0.1, 0.15) is 51.5 Å². The summed E-state index contributed by atoms with van der Waals surface area (Å²) < 4.78 is 5.55. The second-order valence-corrected chi connectivity index (χ2v) is 5.61. The van der Waals surface area contributed by atoms with Gasteiger partial charge in [-0.2, -0.15) is 0 Å². The van der Waals surface area contributed by atoms with Gasteiger partial charge in [0.2, 0.25) is 0 Å². The van der Waals surface area contributed by atoms with Crippen LogP contribution in [0.5, 0.6) is 5.75 Å². The van der Waals surface area contributed by atoms with Crippen LogP contribution in [0.25, 0.3) is 0 Å². The van der Waals surface area contributed by atoms with Crippen LogP contribution in [0.4, 0.5) is 5.69 Å². The van der Waals surface area contributed by atoms with Gasteiger partial charge in [0, 0.05) is 11.7 Å². The van der Waals surface area contributed by atoms with Crippen molar-refractivity contribution in [3.8, 4) is 5.75 Å². The third-order valence-corrected chi connectivity index (χ3v) is 4.28. The molecule has 0 radical (unpaired) electrons. The molecular formula is C17H27NO. The molecule has 2 atom stereocenters. The van der Waals surface area contributed by atoms with E-state index in [0.717, 1.165) is 18.3 Å². The van der Waals surface area contributed by atoms with Gasteiger partial charge in [0.15, 0.2) is 0 Å². The monoisotopic (exact) mass is 261 g/mol. The predicted octanol–water partition coefficient (Wildman–Crippen LogP) is 4.77. The Morgan fingerprint density at radius 1 is 1.21 bits per heavy atom. The van der Waals surface area contributed by atoms with Crippen molar-refractivity contribution in [2.24, 2.45) is 5.92 Å². The zero-order valence-corrected chi connectivity index (χ0v) is 12.5. The van der Waals surface area contributed by atoms with Gasteiger partial charge in [0.1, 0.15) is 5.75 Å². The van der Waals surface area contributed by atoms with Crippen molar-refractivity contribution in [1.82, 2.24) is 0 Å². The highest BCUT2D eigenvalue weighted by Gasteiger charge is 2.23. The highest BCUT2D eigenvalue weighted by Crippen LogP contribution is 2.31. The fourth-order valence-electron chi connectivity index (χ4n) is 3.14. The Balaban J connectivity index is 2.05. The number of hydrogen-bond donors (Lipinski definition) is 1. The highest BCUT2D eigenvalue weighted by molar-refractivity contribution is 5.54. The minimum absolute atomic E-state index is 0.649. The molecule has 0 aromatic heterocycles. The van der Waals surface area contributed by atoms with Gasteiger partial charge < -0.3 is 10.1 Å². The molecule has 1 aliphatic carbocycles. The number of hydrogen-bond acceptors (Lipinski definition) is 2. The van der Waals surface area contributed by atoms with Crippen molar-refractivity contribution in [3.05, 3.63) is 23.8 Å². The lowest BCUT2D eigenvalue weighted by Gasteiger charge is -2.32. The van der Waals surface area contributed by atoms with Crippen molar-refractivity contribution in [1.29, 1.82) is 0 Å². The van der Waals surface area contributed by atoms with E-state index in [4.69, 9.17) is 4.74 Å². The fraction of sp³-hybridized carbons (Fsp3) is 0.647. The van der Waals surface area contributed by atoms with Crippen LogP contribution < -0.4 is 10.1 Å². The SMILES string of the molecule is CCOc1ccc(NC2CCCCC2CC)c(C)c1. The fourth-order valence-corrected chi connectivity index (χ4v) is 3.14. The number of benzene rings is 1. The number of nitrogens with one attached hydrogen (secondary N) is 1. The molecule has 0 saturated heterocycles. The molecule has 2 rings (SSSR count). The van der Waals surface area contributed by atoms with Gasteiger partial charge in [-0.3, -0.25) is 0 Å². The standard InChI is InChI=1S/C17H27NO/c1-4-14-8-6-7-9-17(14)18-16-11-10-15(19-5-2)12-13(16)3/h10-12,14,17-18H,4-9H2,1-3H3. The second-order valence-electron chi connectivity index (χ2n) is 5.61. The van der Waals surface area contributed by atoms with E-state index < -0.39 is 0 Å². The van der Waals surface area contributed by atoms with E-state index >= 15 is 0 Å². The summed E-state index contributed by atoms with van der Waals surface area (Å²) in [6.07, 6.45) is 6.74. The van der Waals surface area contributed by atoms with Crippen molar-refractivity contribution in [2.75, 3.05) is 11.9 Å². The van der Waals surface area contributed by atoms with E-state index in [-0.39, 0.29) is 0 Å². The first kappa shape index (κ1) is 14.2. The molecular weight excluding hydrogens is 234 g/mol. The van der Waals surface area contributed by atoms with Crippen LogP contribution in [0.15, 0.2) is 18.2 Å². The minimum atomic E-state index is 0.649. The van der Waals surface area contributed by atoms with Crippen molar-refractivity contribution in [3.63, 3.8) is 0 Å². The summed E-state index contributed by atoms with van der Waals surface area (Å²) in [5.41, 5.74) is 2.56. The molecule has 1 fully saturated rings. The molecule has 0 amide bonds. The molecule has 0 heterocycles. The maximum atomic E-state index is 5.55. The molecule has 1 aliphatic rings. The van der Waals surface area contributed by atoms with Crippen LogP contribution in [-0.2, 0) is 0 Å². The van der Waals surface area contributed by atoms with E-state index in [9.17, 15) is 0 Å². The number of aryl methyl sites for hydroxylation is 1. The van der Waals surface area contributed by atoms with Gasteiger partial charge in [-0.25, -0.2) is 0 Å². The summed E-state index contributed by atoms with van der Waals surface area (Å²) in [6.45, 7) is 7.23. The Bertz CT molecular complexity index is 402. The van der Waals surface area contributed by atoms with Crippen LogP contribution in [0.3, 0.4) is 0 Å². The first-order valence-corrected chi connectivity index (χ1v) is 7.74. The van der Waals surface area contributed by atoms with Crippen molar-refractivity contribution >= 4 is 5.69 Å². The highest BCUT2D eigenvalue weighted by atomic mass is 16.5. The van der Waals surface area contributed by atoms with E-state index in [1.54, 1.807) is 0 Å². The Labute approximate surface area is 117 Å². The molecule has 0 spiro atoms. The maximum absolute atomic E-state index is 5.55. The molecule has 19 heavy (non-hydrogen) atoms. The Morgan fingerprint density at radius 2 is 2.00 bits per heavy atom. The molecule has 1 aromatic rings. The molecule has 0 aliphatic heterocycles. The summed E-state index contributed by atoms with van der Waals surface area (Å²) in [4.78, 5) is 0. The molecule has 0 bridgehead atoms. The summed E-state index contributed by atoms with van der Waals surface area (Å²) >= 11 is 0. The second kappa shape index (κ2) is 6.83. The first-order chi connectivity index (χ1) is 9.24. The average molecular weight is 261 g/mol. The van der Waals surface area contributed by atoms with E-state index in [1.165, 1.54) is 43.4 Å². The minimum Gasteiger partial charge on any atom is -0.494 e. The Kier molecular flexibility index (Phi) is 5.12. The summed E-state index contributed by atoms with van der Waals surface area (Å²) in [5.74, 6) is 1.81. The third kappa shape index (κ3) is 3.65. The Hall–Kier alpha value is -1.18. The molecule has 1 aromatic carbocycles. The smallest absolute Gasteiger partial charge is 0.119 e. The lowest BCUT2D eigenvalue weighted by atomic mass is 9.82. The van der Waals surface area contributed by atoms with Crippen LogP contribution >= 0.6 is 0 Å². The van der Waals surface area contributed by atoms with Crippen molar-refractivity contribution < 1.29 is 4.74 Å².